The van der Waals surface area contributed by atoms with Crippen molar-refractivity contribution in [3.8, 4) is 0 Å². The van der Waals surface area contributed by atoms with E-state index < -0.39 is 5.91 Å². The van der Waals surface area contributed by atoms with Crippen molar-refractivity contribution in [2.75, 3.05) is 19.6 Å². The molecule has 1 heterocycles. The van der Waals surface area contributed by atoms with Gasteiger partial charge in [-0.25, -0.2) is 0 Å². The Balaban J connectivity index is 2.54. The summed E-state index contributed by atoms with van der Waals surface area (Å²) in [7, 11) is 0. The van der Waals surface area contributed by atoms with Gasteiger partial charge in [0.25, 0.3) is 0 Å². The summed E-state index contributed by atoms with van der Waals surface area (Å²) in [5.74, 6) is -0.452. The Morgan fingerprint density at radius 1 is 1.38 bits per heavy atom. The van der Waals surface area contributed by atoms with Gasteiger partial charge in [0.15, 0.2) is 0 Å². The molecule has 0 bridgehead atoms. The van der Waals surface area contributed by atoms with Crippen LogP contribution < -0.4 is 11.1 Å². The molecule has 5 heteroatoms. The van der Waals surface area contributed by atoms with Crippen molar-refractivity contribution in [3.63, 3.8) is 0 Å². The monoisotopic (exact) mass is 227 g/mol. The number of hydrogen-bond donors (Lipinski definition) is 2. The van der Waals surface area contributed by atoms with Gasteiger partial charge in [0.2, 0.25) is 11.8 Å². The summed E-state index contributed by atoms with van der Waals surface area (Å²) in [6, 6.07) is -0.137. The lowest BCUT2D eigenvalue weighted by Crippen LogP contribution is -2.48. The molecule has 3 N–H and O–H groups in total. The summed E-state index contributed by atoms with van der Waals surface area (Å²) < 4.78 is 0. The Kier molecular flexibility index (Phi) is 5.25. The van der Waals surface area contributed by atoms with Crippen molar-refractivity contribution in [1.29, 1.82) is 0 Å². The summed E-state index contributed by atoms with van der Waals surface area (Å²) >= 11 is 0. The second kappa shape index (κ2) is 6.48. The molecule has 0 saturated carbocycles. The first-order valence-electron chi connectivity index (χ1n) is 5.95. The molecule has 92 valence electrons. The molecule has 1 aliphatic rings. The largest absolute Gasteiger partial charge is 0.368 e. The highest BCUT2D eigenvalue weighted by Gasteiger charge is 2.24. The molecule has 0 aliphatic carbocycles. The standard InChI is InChI=1S/C11H21N3O2/c1-2-14(8-10(12)15)11(16)9-6-4-3-5-7-13-9/h9,13H,2-8H2,1H3,(H2,12,15). The fourth-order valence-electron chi connectivity index (χ4n) is 1.99. The third kappa shape index (κ3) is 3.81. The second-order valence-electron chi connectivity index (χ2n) is 4.17. The van der Waals surface area contributed by atoms with Gasteiger partial charge in [-0.3, -0.25) is 9.59 Å². The summed E-state index contributed by atoms with van der Waals surface area (Å²) in [6.45, 7) is 3.29. The SMILES string of the molecule is CCN(CC(N)=O)C(=O)C1CCCCCN1. The Morgan fingerprint density at radius 2 is 2.12 bits per heavy atom. The van der Waals surface area contributed by atoms with E-state index in [2.05, 4.69) is 5.32 Å². The van der Waals surface area contributed by atoms with E-state index >= 15 is 0 Å². The molecule has 2 amide bonds. The van der Waals surface area contributed by atoms with Gasteiger partial charge in [0.1, 0.15) is 0 Å². The Morgan fingerprint density at radius 3 is 2.75 bits per heavy atom. The van der Waals surface area contributed by atoms with Gasteiger partial charge in [0.05, 0.1) is 12.6 Å². The number of hydrogen-bond acceptors (Lipinski definition) is 3. The molecule has 0 aromatic carbocycles. The van der Waals surface area contributed by atoms with Crippen LogP contribution >= 0.6 is 0 Å². The van der Waals surface area contributed by atoms with Crippen LogP contribution in [0.15, 0.2) is 0 Å². The lowest BCUT2D eigenvalue weighted by atomic mass is 10.1. The Bertz CT molecular complexity index is 248. The number of rotatable bonds is 4. The highest BCUT2D eigenvalue weighted by molar-refractivity contribution is 5.86. The molecule has 1 unspecified atom stereocenters. The first kappa shape index (κ1) is 13.0. The molecule has 0 aromatic rings. The van der Waals surface area contributed by atoms with Crippen LogP contribution in [-0.4, -0.2) is 42.4 Å². The quantitative estimate of drug-likeness (QED) is 0.701. The molecule has 1 rings (SSSR count). The second-order valence-corrected chi connectivity index (χ2v) is 4.17. The van der Waals surface area contributed by atoms with E-state index in [0.29, 0.717) is 6.54 Å². The van der Waals surface area contributed by atoms with Crippen LogP contribution in [0.1, 0.15) is 32.6 Å². The maximum Gasteiger partial charge on any atom is 0.240 e. The van der Waals surface area contributed by atoms with Crippen molar-refractivity contribution in [2.45, 2.75) is 38.6 Å². The molecule has 1 saturated heterocycles. The number of carbonyl (C=O) groups is 2. The molecule has 1 aliphatic heterocycles. The van der Waals surface area contributed by atoms with Crippen LogP contribution in [0.25, 0.3) is 0 Å². The summed E-state index contributed by atoms with van der Waals surface area (Å²) in [6.07, 6.45) is 4.20. The normalized spacial score (nSPS) is 21.2. The van der Waals surface area contributed by atoms with Crippen molar-refractivity contribution in [2.24, 2.45) is 5.73 Å². The maximum atomic E-state index is 12.1. The zero-order valence-electron chi connectivity index (χ0n) is 9.87. The average Bonchev–Trinajstić information content (AvgIpc) is 2.53. The Hall–Kier alpha value is -1.10. The van der Waals surface area contributed by atoms with Gasteiger partial charge in [-0.2, -0.15) is 0 Å². The minimum absolute atomic E-state index is 0.00296. The number of likely N-dealkylation sites (N-methyl/N-ethyl adjacent to an activating group) is 1. The van der Waals surface area contributed by atoms with E-state index in [4.69, 9.17) is 5.73 Å². The average molecular weight is 227 g/mol. The topological polar surface area (TPSA) is 75.4 Å². The smallest absolute Gasteiger partial charge is 0.240 e. The zero-order chi connectivity index (χ0) is 12.0. The fraction of sp³-hybridized carbons (Fsp3) is 0.818. The van der Waals surface area contributed by atoms with Gasteiger partial charge in [0, 0.05) is 6.54 Å². The van der Waals surface area contributed by atoms with Gasteiger partial charge in [-0.1, -0.05) is 12.8 Å². The van der Waals surface area contributed by atoms with Crippen molar-refractivity contribution < 1.29 is 9.59 Å². The summed E-state index contributed by atoms with van der Waals surface area (Å²) in [5.41, 5.74) is 5.11. The van der Waals surface area contributed by atoms with Crippen LogP contribution in [0.2, 0.25) is 0 Å². The summed E-state index contributed by atoms with van der Waals surface area (Å²) in [4.78, 5) is 24.4. The Labute approximate surface area is 96.4 Å². The van der Waals surface area contributed by atoms with E-state index in [-0.39, 0.29) is 18.5 Å². The maximum absolute atomic E-state index is 12.1. The van der Waals surface area contributed by atoms with E-state index in [1.54, 1.807) is 0 Å². The molecule has 1 fully saturated rings. The number of amides is 2. The minimum atomic E-state index is -0.455. The van der Waals surface area contributed by atoms with E-state index in [9.17, 15) is 9.59 Å². The fourth-order valence-corrected chi connectivity index (χ4v) is 1.99. The molecule has 0 aromatic heterocycles. The van der Waals surface area contributed by atoms with E-state index in [1.165, 1.54) is 11.3 Å². The first-order chi connectivity index (χ1) is 7.65. The van der Waals surface area contributed by atoms with E-state index in [1.807, 2.05) is 6.92 Å². The van der Waals surface area contributed by atoms with Crippen LogP contribution in [0.4, 0.5) is 0 Å². The molecule has 0 radical (unpaired) electrons. The molecule has 1 atom stereocenters. The van der Waals surface area contributed by atoms with Gasteiger partial charge in [-0.15, -0.1) is 0 Å². The highest BCUT2D eigenvalue weighted by Crippen LogP contribution is 2.10. The first-order valence-corrected chi connectivity index (χ1v) is 5.95. The predicted octanol–water partition coefficient (Wildman–Crippen LogP) is -0.148. The van der Waals surface area contributed by atoms with Crippen LogP contribution in [-0.2, 0) is 9.59 Å². The highest BCUT2D eigenvalue weighted by atomic mass is 16.2. The van der Waals surface area contributed by atoms with Gasteiger partial charge >= 0.3 is 0 Å². The van der Waals surface area contributed by atoms with Gasteiger partial charge in [-0.05, 0) is 26.3 Å². The summed E-state index contributed by atoms with van der Waals surface area (Å²) in [5, 5.41) is 3.23. The molecule has 0 spiro atoms. The lowest BCUT2D eigenvalue weighted by molar-refractivity contribution is -0.136. The predicted molar refractivity (Wildman–Crippen MR) is 61.7 cm³/mol. The van der Waals surface area contributed by atoms with Crippen molar-refractivity contribution in [1.82, 2.24) is 10.2 Å². The lowest BCUT2D eigenvalue weighted by Gasteiger charge is -2.24. The molecular formula is C11H21N3O2. The number of nitrogens with one attached hydrogen (secondary N) is 1. The minimum Gasteiger partial charge on any atom is -0.368 e. The van der Waals surface area contributed by atoms with Gasteiger partial charge < -0.3 is 16.0 Å². The van der Waals surface area contributed by atoms with Crippen molar-refractivity contribution >= 4 is 11.8 Å². The van der Waals surface area contributed by atoms with Crippen LogP contribution in [0.5, 0.6) is 0 Å². The molecule has 5 nitrogen and oxygen atoms in total. The number of primary amides is 1. The number of nitrogens with two attached hydrogens (primary N) is 1. The van der Waals surface area contributed by atoms with Crippen LogP contribution in [0, 0.1) is 0 Å². The number of carbonyl (C=O) groups excluding carboxylic acids is 2. The molecule has 16 heavy (non-hydrogen) atoms. The van der Waals surface area contributed by atoms with Crippen LogP contribution in [0.3, 0.4) is 0 Å². The number of nitrogens with zero attached hydrogens (tertiary/aromatic N) is 1. The van der Waals surface area contributed by atoms with Crippen molar-refractivity contribution in [3.05, 3.63) is 0 Å². The molecular weight excluding hydrogens is 206 g/mol. The zero-order valence-corrected chi connectivity index (χ0v) is 9.87. The third-order valence-electron chi connectivity index (χ3n) is 2.90. The third-order valence-corrected chi connectivity index (χ3v) is 2.90. The van der Waals surface area contributed by atoms with E-state index in [0.717, 1.165) is 25.8 Å².